The van der Waals surface area contributed by atoms with Crippen LogP contribution in [0.25, 0.3) is 0 Å². The maximum Gasteiger partial charge on any atom is 0.265 e. The van der Waals surface area contributed by atoms with Gasteiger partial charge >= 0.3 is 0 Å². The Bertz CT molecular complexity index is 1260. The van der Waals surface area contributed by atoms with Crippen molar-refractivity contribution >= 4 is 56.4 Å². The van der Waals surface area contributed by atoms with Crippen molar-refractivity contribution in [2.24, 2.45) is 0 Å². The van der Waals surface area contributed by atoms with E-state index < -0.39 is 10.0 Å². The predicted molar refractivity (Wildman–Crippen MR) is 121 cm³/mol. The van der Waals surface area contributed by atoms with Gasteiger partial charge in [-0.3, -0.25) is 9.78 Å². The smallest absolute Gasteiger partial charge is 0.265 e. The van der Waals surface area contributed by atoms with Gasteiger partial charge < -0.3 is 0 Å². The summed E-state index contributed by atoms with van der Waals surface area (Å²) in [5.74, 6) is -0.105. The van der Waals surface area contributed by atoms with Crippen LogP contribution >= 0.6 is 34.8 Å². The molecule has 160 valence electrons. The molecule has 0 bridgehead atoms. The first-order valence-electron chi connectivity index (χ1n) is 9.37. The largest absolute Gasteiger partial charge is 0.294 e. The number of benzene rings is 2. The molecular weight excluding hydrogens is 481 g/mol. The van der Waals surface area contributed by atoms with E-state index >= 15 is 0 Å². The quantitative estimate of drug-likeness (QED) is 0.464. The van der Waals surface area contributed by atoms with E-state index in [1.54, 1.807) is 30.3 Å². The minimum absolute atomic E-state index is 0.0685. The first kappa shape index (κ1) is 22.0. The Labute approximate surface area is 194 Å². The van der Waals surface area contributed by atoms with Crippen LogP contribution in [0, 0.1) is 0 Å². The van der Waals surface area contributed by atoms with E-state index in [0.29, 0.717) is 29.3 Å². The lowest BCUT2D eigenvalue weighted by molar-refractivity contribution is 0.0992. The van der Waals surface area contributed by atoms with Gasteiger partial charge in [0.1, 0.15) is 0 Å². The summed E-state index contributed by atoms with van der Waals surface area (Å²) in [7, 11) is -3.89. The highest BCUT2D eigenvalue weighted by Gasteiger charge is 2.31. The van der Waals surface area contributed by atoms with Crippen LogP contribution in [0.2, 0.25) is 15.1 Å². The number of anilines is 1. The Morgan fingerprint density at radius 3 is 2.48 bits per heavy atom. The van der Waals surface area contributed by atoms with Gasteiger partial charge in [0.25, 0.3) is 10.0 Å². The minimum atomic E-state index is -3.89. The molecule has 0 amide bonds. The molecule has 1 aliphatic rings. The lowest BCUT2D eigenvalue weighted by atomic mass is 10.1. The van der Waals surface area contributed by atoms with Crippen molar-refractivity contribution in [3.63, 3.8) is 0 Å². The number of Topliss-reactive ketones (excluding diaryl/α,β-unsaturated/α-hetero) is 1. The number of sulfonamides is 1. The minimum Gasteiger partial charge on any atom is -0.294 e. The number of aryl methyl sites for hydroxylation is 1. The molecule has 0 spiro atoms. The zero-order chi connectivity index (χ0) is 22.2. The van der Waals surface area contributed by atoms with E-state index in [1.165, 1.54) is 22.6 Å². The van der Waals surface area contributed by atoms with Crippen LogP contribution in [0.15, 0.2) is 53.6 Å². The Balaban J connectivity index is 1.69. The molecule has 0 unspecified atom stereocenters. The van der Waals surface area contributed by atoms with Gasteiger partial charge in [-0.25, -0.2) is 17.7 Å². The van der Waals surface area contributed by atoms with Crippen LogP contribution in [0.4, 0.5) is 5.82 Å². The number of nitrogens with zero attached hydrogens (tertiary/aromatic N) is 3. The normalized spacial score (nSPS) is 13.7. The van der Waals surface area contributed by atoms with Gasteiger partial charge in [0, 0.05) is 17.8 Å². The fourth-order valence-corrected chi connectivity index (χ4v) is 5.79. The van der Waals surface area contributed by atoms with Gasteiger partial charge in [-0.15, -0.1) is 0 Å². The number of fused-ring (bicyclic) bond motifs is 1. The molecule has 0 saturated carbocycles. The standard InChI is InChI=1S/C21H16Cl3N3O3S/c22-13-4-1-5-15(10-13)31(29,30)27-9-3-8-18-21(27)26-14(12-25-18)11-19(28)20-16(23)6-2-7-17(20)24/h1-2,4-7,10,12H,3,8-9,11H2. The lowest BCUT2D eigenvalue weighted by Crippen LogP contribution is -2.37. The topological polar surface area (TPSA) is 80.2 Å². The molecule has 0 radical (unpaired) electrons. The van der Waals surface area contributed by atoms with Crippen LogP contribution in [0.5, 0.6) is 0 Å². The maximum atomic E-state index is 13.2. The maximum absolute atomic E-state index is 13.2. The molecule has 4 rings (SSSR count). The lowest BCUT2D eigenvalue weighted by Gasteiger charge is -2.29. The predicted octanol–water partition coefficient (Wildman–Crippen LogP) is 5.00. The second kappa shape index (κ2) is 8.74. The monoisotopic (exact) mass is 495 g/mol. The first-order chi connectivity index (χ1) is 14.8. The number of carbonyl (C=O) groups is 1. The number of halogens is 3. The van der Waals surface area contributed by atoms with Crippen molar-refractivity contribution in [2.45, 2.75) is 24.2 Å². The number of carbonyl (C=O) groups excluding carboxylic acids is 1. The van der Waals surface area contributed by atoms with Gasteiger partial charge in [0.15, 0.2) is 11.6 Å². The average Bonchev–Trinajstić information content (AvgIpc) is 2.73. The van der Waals surface area contributed by atoms with Gasteiger partial charge in [-0.1, -0.05) is 46.9 Å². The van der Waals surface area contributed by atoms with E-state index in [0.717, 1.165) is 0 Å². The summed E-state index contributed by atoms with van der Waals surface area (Å²) in [5, 5.41) is 0.808. The van der Waals surface area contributed by atoms with Crippen LogP contribution in [0.1, 0.15) is 28.2 Å². The van der Waals surface area contributed by atoms with E-state index in [1.807, 2.05) is 0 Å². The van der Waals surface area contributed by atoms with Crippen molar-refractivity contribution < 1.29 is 13.2 Å². The van der Waals surface area contributed by atoms with Gasteiger partial charge in [-0.2, -0.15) is 0 Å². The zero-order valence-corrected chi connectivity index (χ0v) is 19.1. The molecule has 0 fully saturated rings. The number of aromatic nitrogens is 2. The van der Waals surface area contributed by atoms with Crippen molar-refractivity contribution in [2.75, 3.05) is 10.8 Å². The third-order valence-electron chi connectivity index (χ3n) is 4.86. The Kier molecular flexibility index (Phi) is 6.21. The highest BCUT2D eigenvalue weighted by atomic mass is 35.5. The van der Waals surface area contributed by atoms with E-state index in [9.17, 15) is 13.2 Å². The molecule has 0 N–H and O–H groups in total. The molecule has 2 heterocycles. The third kappa shape index (κ3) is 4.41. The fourth-order valence-electron chi connectivity index (χ4n) is 3.40. The van der Waals surface area contributed by atoms with Crippen molar-refractivity contribution in [3.05, 3.63) is 80.7 Å². The molecule has 0 aliphatic carbocycles. The highest BCUT2D eigenvalue weighted by Crippen LogP contribution is 2.31. The van der Waals surface area contributed by atoms with Crippen molar-refractivity contribution in [1.29, 1.82) is 0 Å². The van der Waals surface area contributed by atoms with Gasteiger partial charge in [-0.05, 0) is 43.2 Å². The number of hydrogen-bond acceptors (Lipinski definition) is 5. The molecule has 1 aliphatic heterocycles. The summed E-state index contributed by atoms with van der Waals surface area (Å²) >= 11 is 18.2. The number of ketones is 1. The van der Waals surface area contributed by atoms with Crippen LogP contribution in [0.3, 0.4) is 0 Å². The fraction of sp³-hybridized carbons (Fsp3) is 0.190. The summed E-state index contributed by atoms with van der Waals surface area (Å²) in [6.07, 6.45) is 2.56. The van der Waals surface area contributed by atoms with Crippen LogP contribution < -0.4 is 4.31 Å². The molecule has 1 aromatic heterocycles. The van der Waals surface area contributed by atoms with Crippen LogP contribution in [-0.2, 0) is 22.9 Å². The molecule has 31 heavy (non-hydrogen) atoms. The highest BCUT2D eigenvalue weighted by molar-refractivity contribution is 7.92. The van der Waals surface area contributed by atoms with Crippen molar-refractivity contribution in [1.82, 2.24) is 9.97 Å². The summed E-state index contributed by atoms with van der Waals surface area (Å²) in [4.78, 5) is 21.7. The van der Waals surface area contributed by atoms with E-state index in [-0.39, 0.29) is 45.1 Å². The third-order valence-corrected chi connectivity index (χ3v) is 7.51. The molecule has 2 aromatic carbocycles. The first-order valence-corrected chi connectivity index (χ1v) is 11.9. The van der Waals surface area contributed by atoms with Crippen molar-refractivity contribution in [3.8, 4) is 0 Å². The summed E-state index contributed by atoms with van der Waals surface area (Å²) in [6, 6.07) is 10.9. The number of rotatable bonds is 5. The molecule has 0 saturated heterocycles. The Morgan fingerprint density at radius 1 is 1.06 bits per heavy atom. The van der Waals surface area contributed by atoms with E-state index in [2.05, 4.69) is 9.97 Å². The molecule has 0 atom stereocenters. The zero-order valence-electron chi connectivity index (χ0n) is 16.1. The summed E-state index contributed by atoms with van der Waals surface area (Å²) in [5.41, 5.74) is 1.09. The SMILES string of the molecule is O=C(Cc1cnc2c(n1)N(S(=O)(=O)c1cccc(Cl)c1)CCC2)c1c(Cl)cccc1Cl. The average molecular weight is 497 g/mol. The van der Waals surface area contributed by atoms with Gasteiger partial charge in [0.05, 0.1) is 38.3 Å². The van der Waals surface area contributed by atoms with E-state index in [4.69, 9.17) is 34.8 Å². The summed E-state index contributed by atoms with van der Waals surface area (Å²) < 4.78 is 27.7. The second-order valence-corrected chi connectivity index (χ2v) is 10.1. The molecule has 10 heteroatoms. The molecule has 6 nitrogen and oxygen atoms in total. The molecule has 3 aromatic rings. The van der Waals surface area contributed by atoms with Gasteiger partial charge in [0.2, 0.25) is 0 Å². The Hall–Kier alpha value is -2.19. The second-order valence-electron chi connectivity index (χ2n) is 6.97. The summed E-state index contributed by atoms with van der Waals surface area (Å²) in [6.45, 7) is 0.254. The van der Waals surface area contributed by atoms with Crippen LogP contribution in [-0.4, -0.2) is 30.7 Å². The molecular formula is C21H16Cl3N3O3S. The number of hydrogen-bond donors (Lipinski definition) is 0. The Morgan fingerprint density at radius 2 is 1.77 bits per heavy atom.